The van der Waals surface area contributed by atoms with Crippen LogP contribution in [0.2, 0.25) is 0 Å². The molecule has 1 saturated carbocycles. The Kier molecular flexibility index (Phi) is 7.63. The quantitative estimate of drug-likeness (QED) is 0.666. The minimum Gasteiger partial charge on any atom is -0.444 e. The number of carbonyl (C=O) groups excluding carboxylic acids is 1. The molecular weight excluding hydrogens is 416 g/mol. The zero-order valence-electron chi connectivity index (χ0n) is 19.2. The average Bonchev–Trinajstić information content (AvgIpc) is 2.71. The number of carbonyl (C=O) groups is 1. The monoisotopic (exact) mass is 452 g/mol. The van der Waals surface area contributed by atoms with Crippen LogP contribution in [0, 0.1) is 5.92 Å². The van der Waals surface area contributed by atoms with E-state index < -0.39 is 15.4 Å². The summed E-state index contributed by atoms with van der Waals surface area (Å²) < 4.78 is 34.9. The van der Waals surface area contributed by atoms with E-state index in [2.05, 4.69) is 4.98 Å². The van der Waals surface area contributed by atoms with Crippen LogP contribution in [0.1, 0.15) is 70.9 Å². The van der Waals surface area contributed by atoms with Crippen molar-refractivity contribution in [2.75, 3.05) is 26.0 Å². The van der Waals surface area contributed by atoms with Crippen LogP contribution in [0.5, 0.6) is 0 Å². The van der Waals surface area contributed by atoms with Crippen LogP contribution in [-0.4, -0.2) is 62.1 Å². The van der Waals surface area contributed by atoms with Crippen LogP contribution >= 0.6 is 0 Å². The summed E-state index contributed by atoms with van der Waals surface area (Å²) in [6, 6.07) is 3.50. The van der Waals surface area contributed by atoms with Crippen molar-refractivity contribution >= 4 is 15.9 Å². The number of likely N-dealkylation sites (tertiary alicyclic amines) is 1. The van der Waals surface area contributed by atoms with E-state index in [1.807, 2.05) is 26.8 Å². The zero-order valence-corrected chi connectivity index (χ0v) is 20.0. The van der Waals surface area contributed by atoms with Gasteiger partial charge in [0.15, 0.2) is 9.84 Å². The Balaban J connectivity index is 1.37. The molecule has 0 bridgehead atoms. The summed E-state index contributed by atoms with van der Waals surface area (Å²) in [5.41, 5.74) is 0.515. The van der Waals surface area contributed by atoms with Gasteiger partial charge in [-0.25, -0.2) is 13.2 Å². The van der Waals surface area contributed by atoms with Gasteiger partial charge in [0.05, 0.1) is 11.0 Å². The first kappa shape index (κ1) is 24.0. The van der Waals surface area contributed by atoms with Crippen molar-refractivity contribution < 1.29 is 22.7 Å². The SMILES string of the molecule is CC(C)(C)OC(=O)N1CCC(CO[C@H]2CC[C@H](c3ccc(S(C)(=O)=O)cn3)CC2)CC1. The third-order valence-corrected chi connectivity index (χ3v) is 7.21. The highest BCUT2D eigenvalue weighted by Gasteiger charge is 2.29. The highest BCUT2D eigenvalue weighted by Crippen LogP contribution is 2.34. The number of hydrogen-bond donors (Lipinski definition) is 0. The van der Waals surface area contributed by atoms with Gasteiger partial charge in [-0.3, -0.25) is 4.98 Å². The second-order valence-electron chi connectivity index (χ2n) is 9.91. The molecule has 0 aromatic carbocycles. The molecular formula is C23H36N2O5S. The van der Waals surface area contributed by atoms with Crippen LogP contribution in [0.3, 0.4) is 0 Å². The molecule has 2 fully saturated rings. The maximum absolute atomic E-state index is 12.2. The van der Waals surface area contributed by atoms with Gasteiger partial charge in [-0.15, -0.1) is 0 Å². The van der Waals surface area contributed by atoms with E-state index in [9.17, 15) is 13.2 Å². The molecule has 0 spiro atoms. The Morgan fingerprint density at radius 3 is 2.26 bits per heavy atom. The van der Waals surface area contributed by atoms with Crippen molar-refractivity contribution in [2.45, 2.75) is 81.8 Å². The molecule has 7 nitrogen and oxygen atoms in total. The molecule has 8 heteroatoms. The van der Waals surface area contributed by atoms with Crippen LogP contribution < -0.4 is 0 Å². The Labute approximate surface area is 186 Å². The van der Waals surface area contributed by atoms with Crippen LogP contribution in [0.4, 0.5) is 4.79 Å². The molecule has 1 aromatic rings. The van der Waals surface area contributed by atoms with E-state index in [4.69, 9.17) is 9.47 Å². The molecule has 1 aliphatic heterocycles. The lowest BCUT2D eigenvalue weighted by atomic mass is 9.85. The van der Waals surface area contributed by atoms with Crippen molar-refractivity contribution in [2.24, 2.45) is 5.92 Å². The molecule has 31 heavy (non-hydrogen) atoms. The fraction of sp³-hybridized carbons (Fsp3) is 0.739. The summed E-state index contributed by atoms with van der Waals surface area (Å²) >= 11 is 0. The van der Waals surface area contributed by atoms with Gasteiger partial charge in [-0.05, 0) is 77.3 Å². The van der Waals surface area contributed by atoms with E-state index in [0.29, 0.717) is 11.8 Å². The number of hydrogen-bond acceptors (Lipinski definition) is 6. The maximum Gasteiger partial charge on any atom is 0.410 e. The average molecular weight is 453 g/mol. The highest BCUT2D eigenvalue weighted by molar-refractivity contribution is 7.90. The summed E-state index contributed by atoms with van der Waals surface area (Å²) in [7, 11) is -3.20. The Hall–Kier alpha value is -1.67. The summed E-state index contributed by atoms with van der Waals surface area (Å²) in [4.78, 5) is 18.6. The van der Waals surface area contributed by atoms with Crippen LogP contribution in [0.25, 0.3) is 0 Å². The molecule has 1 saturated heterocycles. The van der Waals surface area contributed by atoms with E-state index in [-0.39, 0.29) is 17.1 Å². The summed E-state index contributed by atoms with van der Waals surface area (Å²) in [5, 5.41) is 0. The third kappa shape index (κ3) is 7.17. The standard InChI is InChI=1S/C23H36N2O5S/c1-23(2,3)30-22(26)25-13-11-17(12-14-25)16-29-19-7-5-18(6-8-19)21-10-9-20(15-24-21)31(4,27)28/h9-10,15,17-19H,5-8,11-14,16H2,1-4H3/t18-,19-. The summed E-state index contributed by atoms with van der Waals surface area (Å²) in [6.07, 6.45) is 8.63. The lowest BCUT2D eigenvalue weighted by Gasteiger charge is -2.34. The van der Waals surface area contributed by atoms with Crippen molar-refractivity contribution in [3.8, 4) is 0 Å². The van der Waals surface area contributed by atoms with Gasteiger partial charge in [0.25, 0.3) is 0 Å². The number of pyridine rings is 1. The molecule has 0 radical (unpaired) electrons. The second-order valence-corrected chi connectivity index (χ2v) is 11.9. The highest BCUT2D eigenvalue weighted by atomic mass is 32.2. The van der Waals surface area contributed by atoms with Crippen LogP contribution in [0.15, 0.2) is 23.2 Å². The molecule has 0 N–H and O–H groups in total. The first-order valence-electron chi connectivity index (χ1n) is 11.3. The summed E-state index contributed by atoms with van der Waals surface area (Å²) in [5.74, 6) is 0.854. The molecule has 2 aliphatic rings. The fourth-order valence-corrected chi connectivity index (χ4v) is 4.82. The molecule has 2 heterocycles. The van der Waals surface area contributed by atoms with Crippen molar-refractivity contribution in [3.05, 3.63) is 24.0 Å². The molecule has 0 atom stereocenters. The number of ether oxygens (including phenoxy) is 2. The number of sulfone groups is 1. The maximum atomic E-state index is 12.2. The number of amides is 1. The van der Waals surface area contributed by atoms with E-state index in [1.54, 1.807) is 11.0 Å². The third-order valence-electron chi connectivity index (χ3n) is 6.11. The van der Waals surface area contributed by atoms with Gasteiger partial charge in [0.1, 0.15) is 5.60 Å². The lowest BCUT2D eigenvalue weighted by molar-refractivity contribution is -0.0144. The number of nitrogens with zero attached hydrogens (tertiary/aromatic N) is 2. The largest absolute Gasteiger partial charge is 0.444 e. The number of aromatic nitrogens is 1. The molecule has 174 valence electrons. The van der Waals surface area contributed by atoms with Gasteiger partial charge in [-0.2, -0.15) is 0 Å². The Morgan fingerprint density at radius 2 is 1.74 bits per heavy atom. The normalized spacial score (nSPS) is 23.5. The zero-order chi connectivity index (χ0) is 22.6. The first-order chi connectivity index (χ1) is 14.5. The van der Waals surface area contributed by atoms with E-state index >= 15 is 0 Å². The second kappa shape index (κ2) is 9.86. The number of rotatable bonds is 5. The summed E-state index contributed by atoms with van der Waals surface area (Å²) in [6.45, 7) is 7.87. The first-order valence-corrected chi connectivity index (χ1v) is 13.2. The fourth-order valence-electron chi connectivity index (χ4n) is 4.26. The van der Waals surface area contributed by atoms with Crippen molar-refractivity contribution in [3.63, 3.8) is 0 Å². The number of piperidine rings is 1. The van der Waals surface area contributed by atoms with Gasteiger partial charge in [0, 0.05) is 43.8 Å². The van der Waals surface area contributed by atoms with Gasteiger partial charge < -0.3 is 14.4 Å². The molecule has 1 aromatic heterocycles. The van der Waals surface area contributed by atoms with Crippen molar-refractivity contribution in [1.29, 1.82) is 0 Å². The minimum atomic E-state index is -3.20. The van der Waals surface area contributed by atoms with Crippen LogP contribution in [-0.2, 0) is 19.3 Å². The van der Waals surface area contributed by atoms with Gasteiger partial charge >= 0.3 is 6.09 Å². The lowest BCUT2D eigenvalue weighted by Crippen LogP contribution is -2.42. The Bertz CT molecular complexity index is 832. The van der Waals surface area contributed by atoms with E-state index in [0.717, 1.165) is 63.9 Å². The van der Waals surface area contributed by atoms with Gasteiger partial charge in [-0.1, -0.05) is 0 Å². The molecule has 3 rings (SSSR count). The molecule has 1 aliphatic carbocycles. The molecule has 0 unspecified atom stereocenters. The smallest absolute Gasteiger partial charge is 0.410 e. The predicted molar refractivity (Wildman–Crippen MR) is 119 cm³/mol. The van der Waals surface area contributed by atoms with Crippen molar-refractivity contribution in [1.82, 2.24) is 9.88 Å². The minimum absolute atomic E-state index is 0.219. The topological polar surface area (TPSA) is 85.8 Å². The van der Waals surface area contributed by atoms with E-state index in [1.165, 1.54) is 12.5 Å². The molecule has 1 amide bonds. The Morgan fingerprint density at radius 1 is 1.10 bits per heavy atom. The van der Waals surface area contributed by atoms with Gasteiger partial charge in [0.2, 0.25) is 0 Å². The predicted octanol–water partition coefficient (Wildman–Crippen LogP) is 4.18.